The van der Waals surface area contributed by atoms with Crippen LogP contribution in [0.2, 0.25) is 5.02 Å². The second-order valence-electron chi connectivity index (χ2n) is 8.18. The van der Waals surface area contributed by atoms with Crippen LogP contribution in [0.4, 0.5) is 0 Å². The Morgan fingerprint density at radius 3 is 2.53 bits per heavy atom. The average Bonchev–Trinajstić information content (AvgIpc) is 3.28. The number of fused-ring (bicyclic) bond motifs is 1. The highest BCUT2D eigenvalue weighted by molar-refractivity contribution is 6.33. The van der Waals surface area contributed by atoms with Crippen LogP contribution >= 0.6 is 11.6 Å². The fourth-order valence-electron chi connectivity index (χ4n) is 4.46. The average molecular weight is 465 g/mol. The Bertz CT molecular complexity index is 933. The van der Waals surface area contributed by atoms with E-state index in [0.717, 1.165) is 22.4 Å². The fourth-order valence-corrected chi connectivity index (χ4v) is 4.75. The van der Waals surface area contributed by atoms with E-state index < -0.39 is 30.5 Å². The van der Waals surface area contributed by atoms with Gasteiger partial charge < -0.3 is 34.6 Å². The van der Waals surface area contributed by atoms with Crippen molar-refractivity contribution < 1.29 is 34.6 Å². The minimum absolute atomic E-state index is 0.146. The van der Waals surface area contributed by atoms with Gasteiger partial charge >= 0.3 is 0 Å². The van der Waals surface area contributed by atoms with Gasteiger partial charge in [0.25, 0.3) is 0 Å². The molecule has 2 aliphatic rings. The van der Waals surface area contributed by atoms with Gasteiger partial charge in [0, 0.05) is 18.6 Å². The molecule has 7 nitrogen and oxygen atoms in total. The van der Waals surface area contributed by atoms with Gasteiger partial charge in [0.2, 0.25) is 0 Å². The Morgan fingerprint density at radius 1 is 1.09 bits per heavy atom. The minimum Gasteiger partial charge on any atom is -0.494 e. The van der Waals surface area contributed by atoms with E-state index in [2.05, 4.69) is 0 Å². The highest BCUT2D eigenvalue weighted by atomic mass is 35.5. The molecule has 0 spiro atoms. The molecule has 0 saturated carbocycles. The van der Waals surface area contributed by atoms with Crippen molar-refractivity contribution in [2.45, 2.75) is 56.7 Å². The SMILES string of the molecule is CCOc1ccc(Cc2cc([C@@H]3O[C@H](CCO)[C@@H](O)[C@@H](O)[C@H]3O)c3c(c2Cl)OCC3)cc1. The Labute approximate surface area is 192 Å². The maximum Gasteiger partial charge on any atom is 0.141 e. The summed E-state index contributed by atoms with van der Waals surface area (Å²) < 4.78 is 17.3. The van der Waals surface area contributed by atoms with Crippen LogP contribution in [0.25, 0.3) is 0 Å². The summed E-state index contributed by atoms with van der Waals surface area (Å²) in [6, 6.07) is 9.64. The molecule has 0 aliphatic carbocycles. The van der Waals surface area contributed by atoms with Crippen LogP contribution in [0, 0.1) is 0 Å². The monoisotopic (exact) mass is 464 g/mol. The number of aliphatic hydroxyl groups excluding tert-OH is 4. The smallest absolute Gasteiger partial charge is 0.141 e. The standard InChI is InChI=1S/C24H29ClO7/c1-2-30-15-5-3-13(4-6-15)11-14-12-17(16-8-10-31-23(16)19(14)25)24-22(29)21(28)20(27)18(32-24)7-9-26/h3-6,12,18,20-22,24,26-29H,2,7-11H2,1H3/t18-,20-,21-,22-,24+/m1/s1. The molecule has 8 heteroatoms. The van der Waals surface area contributed by atoms with Gasteiger partial charge in [-0.15, -0.1) is 0 Å². The van der Waals surface area contributed by atoms with Gasteiger partial charge in [-0.1, -0.05) is 29.8 Å². The number of benzene rings is 2. The molecule has 0 amide bonds. The van der Waals surface area contributed by atoms with E-state index in [-0.39, 0.29) is 13.0 Å². The zero-order valence-corrected chi connectivity index (χ0v) is 18.7. The molecule has 0 radical (unpaired) electrons. The lowest BCUT2D eigenvalue weighted by Crippen LogP contribution is -2.54. The number of ether oxygens (including phenoxy) is 3. The van der Waals surface area contributed by atoms with Gasteiger partial charge in [0.1, 0.15) is 35.9 Å². The summed E-state index contributed by atoms with van der Waals surface area (Å²) in [5, 5.41) is 41.2. The zero-order valence-electron chi connectivity index (χ0n) is 17.9. The van der Waals surface area contributed by atoms with E-state index in [1.807, 2.05) is 37.3 Å². The minimum atomic E-state index is -1.39. The molecule has 2 aliphatic heterocycles. The number of hydrogen-bond acceptors (Lipinski definition) is 7. The van der Waals surface area contributed by atoms with Crippen molar-refractivity contribution in [1.29, 1.82) is 0 Å². The Kier molecular flexibility index (Phi) is 7.24. The van der Waals surface area contributed by atoms with Crippen molar-refractivity contribution >= 4 is 11.6 Å². The van der Waals surface area contributed by atoms with E-state index >= 15 is 0 Å². The predicted molar refractivity (Wildman–Crippen MR) is 118 cm³/mol. The number of aliphatic hydroxyl groups is 4. The van der Waals surface area contributed by atoms with Crippen LogP contribution in [0.3, 0.4) is 0 Å². The lowest BCUT2D eigenvalue weighted by molar-refractivity contribution is -0.227. The summed E-state index contributed by atoms with van der Waals surface area (Å²) in [4.78, 5) is 0. The highest BCUT2D eigenvalue weighted by Gasteiger charge is 2.45. The molecule has 0 bridgehead atoms. The van der Waals surface area contributed by atoms with Gasteiger partial charge in [-0.2, -0.15) is 0 Å². The molecule has 2 aromatic carbocycles. The third-order valence-electron chi connectivity index (χ3n) is 6.09. The van der Waals surface area contributed by atoms with Gasteiger partial charge in [-0.3, -0.25) is 0 Å². The molecule has 0 unspecified atom stereocenters. The third kappa shape index (κ3) is 4.46. The number of hydrogen-bond donors (Lipinski definition) is 4. The van der Waals surface area contributed by atoms with Crippen LogP contribution < -0.4 is 9.47 Å². The normalized spacial score (nSPS) is 27.1. The van der Waals surface area contributed by atoms with E-state index in [1.165, 1.54) is 0 Å². The van der Waals surface area contributed by atoms with Crippen LogP contribution in [0.15, 0.2) is 30.3 Å². The second-order valence-corrected chi connectivity index (χ2v) is 8.56. The van der Waals surface area contributed by atoms with Crippen molar-refractivity contribution in [3.05, 3.63) is 57.6 Å². The predicted octanol–water partition coefficient (Wildman–Crippen LogP) is 2.17. The summed E-state index contributed by atoms with van der Waals surface area (Å²) in [6.07, 6.45) is -4.41. The molecule has 5 atom stereocenters. The molecular formula is C24H29ClO7. The maximum absolute atomic E-state index is 10.7. The lowest BCUT2D eigenvalue weighted by Gasteiger charge is -2.41. The molecule has 1 saturated heterocycles. The summed E-state index contributed by atoms with van der Waals surface area (Å²) in [6.45, 7) is 2.78. The molecule has 1 fully saturated rings. The molecule has 4 N–H and O–H groups in total. The first-order chi connectivity index (χ1) is 15.4. The molecule has 4 rings (SSSR count). The summed E-state index contributed by atoms with van der Waals surface area (Å²) in [5.74, 6) is 1.36. The van der Waals surface area contributed by atoms with Crippen molar-refractivity contribution in [2.24, 2.45) is 0 Å². The largest absolute Gasteiger partial charge is 0.494 e. The number of rotatable bonds is 7. The van der Waals surface area contributed by atoms with Gasteiger partial charge in [0.15, 0.2) is 0 Å². The molecule has 32 heavy (non-hydrogen) atoms. The van der Waals surface area contributed by atoms with E-state index in [4.69, 9.17) is 25.8 Å². The molecule has 2 heterocycles. The van der Waals surface area contributed by atoms with Crippen molar-refractivity contribution in [3.63, 3.8) is 0 Å². The van der Waals surface area contributed by atoms with Gasteiger partial charge in [0.05, 0.1) is 24.3 Å². The molecule has 2 aromatic rings. The second kappa shape index (κ2) is 9.95. The van der Waals surface area contributed by atoms with Crippen LogP contribution in [0.1, 0.15) is 41.7 Å². The van der Waals surface area contributed by atoms with Crippen molar-refractivity contribution in [2.75, 3.05) is 19.8 Å². The first-order valence-electron chi connectivity index (χ1n) is 10.9. The topological polar surface area (TPSA) is 109 Å². The Morgan fingerprint density at radius 2 is 1.84 bits per heavy atom. The highest BCUT2D eigenvalue weighted by Crippen LogP contribution is 2.45. The summed E-state index contributed by atoms with van der Waals surface area (Å²) in [5.41, 5.74) is 3.35. The Hall–Kier alpha value is -1.87. The third-order valence-corrected chi connectivity index (χ3v) is 6.51. The van der Waals surface area contributed by atoms with Crippen molar-refractivity contribution in [1.82, 2.24) is 0 Å². The first-order valence-corrected chi connectivity index (χ1v) is 11.3. The van der Waals surface area contributed by atoms with Crippen LogP contribution in [0.5, 0.6) is 11.5 Å². The quantitative estimate of drug-likeness (QED) is 0.497. The fraction of sp³-hybridized carbons (Fsp3) is 0.500. The lowest BCUT2D eigenvalue weighted by atomic mass is 9.86. The molecule has 174 valence electrons. The number of halogens is 1. The van der Waals surface area contributed by atoms with Gasteiger partial charge in [-0.25, -0.2) is 0 Å². The van der Waals surface area contributed by atoms with E-state index in [1.54, 1.807) is 0 Å². The summed E-state index contributed by atoms with van der Waals surface area (Å²) >= 11 is 6.69. The zero-order chi connectivity index (χ0) is 22.8. The van der Waals surface area contributed by atoms with Crippen molar-refractivity contribution in [3.8, 4) is 11.5 Å². The van der Waals surface area contributed by atoms with Crippen LogP contribution in [-0.2, 0) is 17.6 Å². The molecular weight excluding hydrogens is 436 g/mol. The maximum atomic E-state index is 10.7. The van der Waals surface area contributed by atoms with E-state index in [0.29, 0.717) is 42.4 Å². The first kappa shape index (κ1) is 23.3. The summed E-state index contributed by atoms with van der Waals surface area (Å²) in [7, 11) is 0. The Balaban J connectivity index is 1.69. The van der Waals surface area contributed by atoms with Crippen LogP contribution in [-0.4, -0.2) is 64.7 Å². The molecule has 0 aromatic heterocycles. The van der Waals surface area contributed by atoms with E-state index in [9.17, 15) is 20.4 Å². The van der Waals surface area contributed by atoms with Gasteiger partial charge in [-0.05, 0) is 48.6 Å².